The SMILES string of the molecule is C/C=N\c1nc2c(ncn2[C@@H]2O[C@@H]3COP(=O)(O)OC4[C@@H](COP(=O)(O)OC3[C@@H]2O)O[C@@H](n2cnc3c(=O)[nH]c(N)nc32)[C@H]4O)c(=O)[nH]1. The molecule has 48 heavy (non-hydrogen) atoms. The van der Waals surface area contributed by atoms with Crippen LogP contribution in [0.15, 0.2) is 27.2 Å². The molecule has 26 heteroatoms. The summed E-state index contributed by atoms with van der Waals surface area (Å²) in [7, 11) is -10.2. The van der Waals surface area contributed by atoms with Crippen LogP contribution in [-0.4, -0.2) is 115 Å². The van der Waals surface area contributed by atoms with Crippen LogP contribution in [-0.2, 0) is 36.7 Å². The Labute approximate surface area is 265 Å². The fourth-order valence-electron chi connectivity index (χ4n) is 5.54. The number of rotatable bonds is 3. The van der Waals surface area contributed by atoms with Crippen molar-refractivity contribution in [3.8, 4) is 0 Å². The summed E-state index contributed by atoms with van der Waals surface area (Å²) >= 11 is 0. The van der Waals surface area contributed by atoms with Crippen LogP contribution >= 0.6 is 15.6 Å². The molecule has 7 rings (SSSR count). The van der Waals surface area contributed by atoms with E-state index in [1.54, 1.807) is 6.92 Å². The van der Waals surface area contributed by atoms with Crippen LogP contribution in [0.5, 0.6) is 0 Å². The number of hydrogen-bond acceptors (Lipinski definition) is 18. The molecule has 3 aliphatic heterocycles. The van der Waals surface area contributed by atoms with Gasteiger partial charge in [-0.15, -0.1) is 0 Å². The predicted octanol–water partition coefficient (Wildman–Crippen LogP) is -1.91. The molecule has 3 fully saturated rings. The Morgan fingerprint density at radius 2 is 1.35 bits per heavy atom. The number of nitrogens with one attached hydrogen (secondary N) is 2. The molecule has 258 valence electrons. The van der Waals surface area contributed by atoms with Crippen LogP contribution in [0, 0.1) is 0 Å². The fraction of sp³-hybridized carbons (Fsp3) is 0.500. The van der Waals surface area contributed by atoms with Gasteiger partial charge in [-0.05, 0) is 6.92 Å². The first-order valence-electron chi connectivity index (χ1n) is 13.9. The standard InChI is InChI=1S/C22H26N10O14P2/c1-2-24-22-28-16-10(18(36)30-22)26-6-32(16)20-12(34)14-8(44-20)4-42-47(37,38)45-13-7(3-41-48(39,40)46-14)43-19(11(13)33)31-5-25-9-15(31)27-21(23)29-17(9)35/h2,5-8,11-14,19-20,33-34H,3-4H2,1H3,(H,37,38)(H,39,40)(H,28,30,36)(H3,23,27,29,35)/b24-2-/t7-,8-,11+,12+,13?,14?,19-,20-/m1/s1. The van der Waals surface area contributed by atoms with Crippen LogP contribution < -0.4 is 16.9 Å². The Bertz CT molecular complexity index is 2130. The minimum atomic E-state index is -5.11. The molecular formula is C22H26N10O14P2. The molecular weight excluding hydrogens is 690 g/mol. The molecule has 0 amide bonds. The highest BCUT2D eigenvalue weighted by Crippen LogP contribution is 2.53. The number of aliphatic hydroxyl groups excluding tert-OH is 2. The van der Waals surface area contributed by atoms with Crippen LogP contribution in [0.4, 0.5) is 11.9 Å². The molecule has 4 aromatic heterocycles. The molecule has 0 spiro atoms. The van der Waals surface area contributed by atoms with Gasteiger partial charge in [0.2, 0.25) is 11.9 Å². The number of aromatic amines is 2. The number of nitrogen functional groups attached to an aromatic ring is 1. The number of aromatic nitrogens is 8. The zero-order valence-corrected chi connectivity index (χ0v) is 26.0. The van der Waals surface area contributed by atoms with Crippen LogP contribution in [0.25, 0.3) is 22.3 Å². The smallest absolute Gasteiger partial charge is 0.386 e. The van der Waals surface area contributed by atoms with Gasteiger partial charge in [0.15, 0.2) is 34.8 Å². The minimum Gasteiger partial charge on any atom is -0.386 e. The van der Waals surface area contributed by atoms with Crippen LogP contribution in [0.3, 0.4) is 0 Å². The fourth-order valence-corrected chi connectivity index (χ4v) is 7.47. The average Bonchev–Trinajstić information content (AvgIpc) is 3.76. The molecule has 10 atom stereocenters. The van der Waals surface area contributed by atoms with Gasteiger partial charge in [0.1, 0.15) is 36.6 Å². The zero-order chi connectivity index (χ0) is 34.1. The van der Waals surface area contributed by atoms with Crippen molar-refractivity contribution in [3.05, 3.63) is 33.4 Å². The molecule has 0 saturated carbocycles. The van der Waals surface area contributed by atoms with Crippen molar-refractivity contribution < 1.29 is 56.7 Å². The van der Waals surface area contributed by atoms with Crippen LogP contribution in [0.1, 0.15) is 19.4 Å². The summed E-state index contributed by atoms with van der Waals surface area (Å²) in [4.78, 5) is 70.7. The number of phosphoric acid groups is 2. The van der Waals surface area contributed by atoms with Gasteiger partial charge in [0, 0.05) is 6.21 Å². The zero-order valence-electron chi connectivity index (χ0n) is 24.2. The molecule has 8 N–H and O–H groups in total. The lowest BCUT2D eigenvalue weighted by atomic mass is 10.1. The van der Waals surface area contributed by atoms with Crippen molar-refractivity contribution in [2.45, 2.75) is 56.0 Å². The number of nitrogens with zero attached hydrogens (tertiary/aromatic N) is 7. The second-order valence-electron chi connectivity index (χ2n) is 10.7. The maximum absolute atomic E-state index is 13.2. The van der Waals surface area contributed by atoms with Gasteiger partial charge in [-0.3, -0.25) is 46.8 Å². The Hall–Kier alpha value is -3.77. The van der Waals surface area contributed by atoms with E-state index >= 15 is 0 Å². The third-order valence-electron chi connectivity index (χ3n) is 7.60. The first-order chi connectivity index (χ1) is 22.7. The highest BCUT2D eigenvalue weighted by Gasteiger charge is 2.54. The lowest BCUT2D eigenvalue weighted by molar-refractivity contribution is -0.0664. The molecule has 3 aliphatic rings. The van der Waals surface area contributed by atoms with Crippen molar-refractivity contribution in [2.24, 2.45) is 4.99 Å². The summed E-state index contributed by atoms with van der Waals surface area (Å²) in [6, 6.07) is 0. The number of ether oxygens (including phenoxy) is 2. The summed E-state index contributed by atoms with van der Waals surface area (Å²) in [6.45, 7) is -0.148. The molecule has 4 unspecified atom stereocenters. The third-order valence-corrected chi connectivity index (χ3v) is 9.57. The number of hydrogen-bond donors (Lipinski definition) is 7. The van der Waals surface area contributed by atoms with E-state index in [0.29, 0.717) is 0 Å². The molecule has 7 heterocycles. The van der Waals surface area contributed by atoms with Crippen molar-refractivity contribution in [2.75, 3.05) is 18.9 Å². The van der Waals surface area contributed by atoms with Gasteiger partial charge in [-0.1, -0.05) is 0 Å². The Morgan fingerprint density at radius 1 is 0.875 bits per heavy atom. The van der Waals surface area contributed by atoms with E-state index in [-0.39, 0.29) is 34.2 Å². The molecule has 3 saturated heterocycles. The van der Waals surface area contributed by atoms with Gasteiger partial charge in [0.05, 0.1) is 25.9 Å². The Morgan fingerprint density at radius 3 is 1.85 bits per heavy atom. The summed E-state index contributed by atoms with van der Waals surface area (Å²) in [5.74, 6) is -0.368. The second-order valence-corrected chi connectivity index (χ2v) is 13.5. The molecule has 0 radical (unpaired) electrons. The van der Waals surface area contributed by atoms with Crippen LogP contribution in [0.2, 0.25) is 0 Å². The van der Waals surface area contributed by atoms with Crippen molar-refractivity contribution in [3.63, 3.8) is 0 Å². The van der Waals surface area contributed by atoms with Crippen molar-refractivity contribution in [1.82, 2.24) is 39.0 Å². The van der Waals surface area contributed by atoms with Crippen molar-refractivity contribution >= 4 is 56.1 Å². The molecule has 4 aromatic rings. The predicted molar refractivity (Wildman–Crippen MR) is 156 cm³/mol. The van der Waals surface area contributed by atoms with E-state index in [9.17, 15) is 38.7 Å². The quantitative estimate of drug-likeness (QED) is 0.0898. The number of aliphatic hydroxyl groups is 2. The number of fused-ring (bicyclic) bond motifs is 4. The Kier molecular flexibility index (Phi) is 8.17. The van der Waals surface area contributed by atoms with E-state index < -0.39 is 89.1 Å². The first kappa shape index (κ1) is 32.8. The normalized spacial score (nSPS) is 36.3. The summed E-state index contributed by atoms with van der Waals surface area (Å²) in [6.07, 6.45) is -9.48. The van der Waals surface area contributed by atoms with E-state index in [1.165, 1.54) is 6.21 Å². The number of phosphoric ester groups is 2. The van der Waals surface area contributed by atoms with Gasteiger partial charge in [0.25, 0.3) is 11.1 Å². The third kappa shape index (κ3) is 5.80. The molecule has 0 bridgehead atoms. The lowest BCUT2D eigenvalue weighted by Crippen LogP contribution is -2.39. The summed E-state index contributed by atoms with van der Waals surface area (Å²) in [5, 5.41) is 22.4. The highest BCUT2D eigenvalue weighted by molar-refractivity contribution is 7.47. The lowest BCUT2D eigenvalue weighted by Gasteiger charge is -2.27. The average molecular weight is 716 g/mol. The van der Waals surface area contributed by atoms with Gasteiger partial charge >= 0.3 is 15.6 Å². The summed E-state index contributed by atoms with van der Waals surface area (Å²) in [5.41, 5.74) is 3.77. The monoisotopic (exact) mass is 716 g/mol. The number of aliphatic imine (C=N–C) groups is 1. The Balaban J connectivity index is 1.17. The first-order valence-corrected chi connectivity index (χ1v) is 16.9. The molecule has 0 aromatic carbocycles. The number of anilines is 1. The molecule has 24 nitrogen and oxygen atoms in total. The van der Waals surface area contributed by atoms with Gasteiger partial charge < -0.3 is 35.2 Å². The van der Waals surface area contributed by atoms with E-state index in [1.807, 2.05) is 0 Å². The number of imidazole rings is 2. The van der Waals surface area contributed by atoms with E-state index in [2.05, 4.69) is 34.9 Å². The topological polar surface area (TPSA) is 336 Å². The van der Waals surface area contributed by atoms with Gasteiger partial charge in [-0.2, -0.15) is 9.97 Å². The van der Waals surface area contributed by atoms with E-state index in [4.69, 9.17) is 33.3 Å². The van der Waals surface area contributed by atoms with Gasteiger partial charge in [-0.25, -0.2) is 24.1 Å². The number of nitrogens with two attached hydrogens (primary N) is 1. The highest BCUT2D eigenvalue weighted by atomic mass is 31.2. The maximum atomic E-state index is 13.2. The largest absolute Gasteiger partial charge is 0.472 e. The maximum Gasteiger partial charge on any atom is 0.472 e. The number of H-pyrrole nitrogens is 2. The minimum absolute atomic E-state index is 0.0806. The van der Waals surface area contributed by atoms with Crippen molar-refractivity contribution in [1.29, 1.82) is 0 Å². The van der Waals surface area contributed by atoms with E-state index in [0.717, 1.165) is 21.8 Å². The second kappa shape index (κ2) is 12.0. The summed E-state index contributed by atoms with van der Waals surface area (Å²) < 4.78 is 60.9. The molecule has 0 aliphatic carbocycles.